The lowest BCUT2D eigenvalue weighted by atomic mass is 9.98. The van der Waals surface area contributed by atoms with Gasteiger partial charge in [0.2, 0.25) is 0 Å². The van der Waals surface area contributed by atoms with E-state index in [1.807, 2.05) is 12.1 Å². The van der Waals surface area contributed by atoms with E-state index in [1.54, 1.807) is 6.07 Å². The summed E-state index contributed by atoms with van der Waals surface area (Å²) in [5, 5.41) is 9.38. The predicted octanol–water partition coefficient (Wildman–Crippen LogP) is 1.48. The summed E-state index contributed by atoms with van der Waals surface area (Å²) in [5.74, 6) is 0.659. The second-order valence-corrected chi connectivity index (χ2v) is 7.17. The van der Waals surface area contributed by atoms with Crippen LogP contribution in [0.3, 0.4) is 0 Å². The van der Waals surface area contributed by atoms with Crippen molar-refractivity contribution in [3.8, 4) is 5.75 Å². The van der Waals surface area contributed by atoms with Gasteiger partial charge < -0.3 is 9.84 Å². The van der Waals surface area contributed by atoms with Crippen molar-refractivity contribution in [3.63, 3.8) is 0 Å². The summed E-state index contributed by atoms with van der Waals surface area (Å²) in [7, 11) is -3.28. The number of para-hydroxylation sites is 1. The Balaban J connectivity index is 2.39. The average molecular weight is 270 g/mol. The number of aliphatic hydroxyl groups is 1. The minimum atomic E-state index is -3.28. The van der Waals surface area contributed by atoms with E-state index in [2.05, 4.69) is 0 Å². The van der Waals surface area contributed by atoms with Crippen molar-refractivity contribution >= 4 is 9.84 Å². The Bertz CT molecular complexity index is 536. The van der Waals surface area contributed by atoms with Crippen LogP contribution < -0.4 is 4.74 Å². The molecule has 100 valence electrons. The van der Waals surface area contributed by atoms with Gasteiger partial charge in [-0.1, -0.05) is 18.2 Å². The Morgan fingerprint density at radius 1 is 1.39 bits per heavy atom. The Hall–Kier alpha value is -1.07. The second-order valence-electron chi connectivity index (χ2n) is 4.77. The number of aryl methyl sites for hydroxylation is 1. The van der Waals surface area contributed by atoms with Crippen LogP contribution in [0.15, 0.2) is 18.2 Å². The quantitative estimate of drug-likeness (QED) is 0.903. The minimum absolute atomic E-state index is 0.574. The number of ether oxygens (including phenoxy) is 1. The molecule has 1 aromatic rings. The molecule has 2 rings (SSSR count). The number of aliphatic hydroxyl groups excluding tert-OH is 1. The molecule has 0 spiro atoms. The highest BCUT2D eigenvalue weighted by atomic mass is 32.2. The first-order valence-electron chi connectivity index (χ1n) is 6.03. The van der Waals surface area contributed by atoms with Crippen LogP contribution in [0.2, 0.25) is 0 Å². The molecule has 18 heavy (non-hydrogen) atoms. The van der Waals surface area contributed by atoms with Crippen LogP contribution >= 0.6 is 0 Å². The van der Waals surface area contributed by atoms with Gasteiger partial charge in [0.25, 0.3) is 0 Å². The predicted molar refractivity (Wildman–Crippen MR) is 69.5 cm³/mol. The maximum atomic E-state index is 11.5. The third-order valence-corrected chi connectivity index (χ3v) is 5.01. The Morgan fingerprint density at radius 3 is 2.78 bits per heavy atom. The lowest BCUT2D eigenvalue weighted by molar-refractivity contribution is 0.167. The molecule has 0 fully saturated rings. The first-order chi connectivity index (χ1) is 8.41. The van der Waals surface area contributed by atoms with E-state index in [0.29, 0.717) is 17.9 Å². The molecule has 0 saturated heterocycles. The van der Waals surface area contributed by atoms with Crippen LogP contribution in [-0.2, 0) is 16.3 Å². The Kier molecular flexibility index (Phi) is 3.64. The first kappa shape index (κ1) is 13.4. The lowest BCUT2D eigenvalue weighted by Crippen LogP contribution is -2.25. The summed E-state index contributed by atoms with van der Waals surface area (Å²) in [6, 6.07) is 5.52. The number of hydrogen-bond acceptors (Lipinski definition) is 4. The van der Waals surface area contributed by atoms with E-state index in [0.717, 1.165) is 24.7 Å². The molecule has 5 heteroatoms. The molecule has 0 saturated carbocycles. The van der Waals surface area contributed by atoms with Crippen LogP contribution in [0.5, 0.6) is 5.75 Å². The highest BCUT2D eigenvalue weighted by Gasteiger charge is 2.29. The smallest absolute Gasteiger partial charge is 0.152 e. The molecule has 1 N–H and O–H groups in total. The highest BCUT2D eigenvalue weighted by molar-refractivity contribution is 7.91. The van der Waals surface area contributed by atoms with Crippen molar-refractivity contribution < 1.29 is 18.3 Å². The molecule has 1 aromatic carbocycles. The normalized spacial score (nSPS) is 18.6. The molecule has 1 aliphatic heterocycles. The summed E-state index contributed by atoms with van der Waals surface area (Å²) in [6.45, 7) is 2.13. The molecule has 2 atom stereocenters. The Labute approximate surface area is 108 Å². The van der Waals surface area contributed by atoms with Crippen LogP contribution in [0.4, 0.5) is 0 Å². The van der Waals surface area contributed by atoms with Crippen molar-refractivity contribution in [2.24, 2.45) is 0 Å². The fourth-order valence-corrected chi connectivity index (χ4v) is 2.75. The topological polar surface area (TPSA) is 63.6 Å². The highest BCUT2D eigenvalue weighted by Crippen LogP contribution is 2.35. The number of benzene rings is 1. The van der Waals surface area contributed by atoms with Gasteiger partial charge in [-0.2, -0.15) is 0 Å². The summed E-state index contributed by atoms with van der Waals surface area (Å²) in [6.07, 6.45) is 1.95. The van der Waals surface area contributed by atoms with E-state index < -0.39 is 21.2 Å². The van der Waals surface area contributed by atoms with E-state index in [-0.39, 0.29) is 0 Å². The number of fused-ring (bicyclic) bond motifs is 1. The maximum Gasteiger partial charge on any atom is 0.152 e. The van der Waals surface area contributed by atoms with Crippen LogP contribution in [0, 0.1) is 0 Å². The molecule has 0 bridgehead atoms. The Morgan fingerprint density at radius 2 is 2.11 bits per heavy atom. The molecular formula is C13H18O4S. The SMILES string of the molecule is CC(C(O)c1cccc2c1OCCC2)S(C)(=O)=O. The first-order valence-corrected chi connectivity index (χ1v) is 7.98. The third kappa shape index (κ3) is 2.52. The van der Waals surface area contributed by atoms with Crippen LogP contribution in [0.25, 0.3) is 0 Å². The van der Waals surface area contributed by atoms with Crippen LogP contribution in [-0.4, -0.2) is 31.6 Å². The van der Waals surface area contributed by atoms with Gasteiger partial charge in [0.05, 0.1) is 18.0 Å². The van der Waals surface area contributed by atoms with E-state index in [9.17, 15) is 13.5 Å². The van der Waals surface area contributed by atoms with E-state index in [4.69, 9.17) is 4.74 Å². The fourth-order valence-electron chi connectivity index (χ4n) is 2.13. The molecule has 0 radical (unpaired) electrons. The van der Waals surface area contributed by atoms with Crippen molar-refractivity contribution in [2.75, 3.05) is 12.9 Å². The largest absolute Gasteiger partial charge is 0.493 e. The van der Waals surface area contributed by atoms with Crippen molar-refractivity contribution in [1.82, 2.24) is 0 Å². The standard InChI is InChI=1S/C13H18O4S/c1-9(18(2,15)16)12(14)11-7-3-5-10-6-4-8-17-13(10)11/h3,5,7,9,12,14H,4,6,8H2,1-2H3. The van der Waals surface area contributed by atoms with Crippen molar-refractivity contribution in [3.05, 3.63) is 29.3 Å². The molecular weight excluding hydrogens is 252 g/mol. The van der Waals surface area contributed by atoms with Gasteiger partial charge in [-0.05, 0) is 25.3 Å². The molecule has 0 aromatic heterocycles. The molecule has 0 aliphatic carbocycles. The third-order valence-electron chi connectivity index (χ3n) is 3.40. The maximum absolute atomic E-state index is 11.5. The summed E-state index contributed by atoms with van der Waals surface area (Å²) in [5.41, 5.74) is 1.61. The number of rotatable bonds is 3. The molecule has 1 heterocycles. The van der Waals surface area contributed by atoms with Gasteiger partial charge in [-0.25, -0.2) is 8.42 Å². The average Bonchev–Trinajstić information content (AvgIpc) is 2.35. The van der Waals surface area contributed by atoms with E-state index in [1.165, 1.54) is 6.92 Å². The van der Waals surface area contributed by atoms with Gasteiger partial charge >= 0.3 is 0 Å². The number of sulfone groups is 1. The van der Waals surface area contributed by atoms with Crippen molar-refractivity contribution in [2.45, 2.75) is 31.1 Å². The molecule has 0 amide bonds. The van der Waals surface area contributed by atoms with Gasteiger partial charge in [0, 0.05) is 11.8 Å². The summed E-state index contributed by atoms with van der Waals surface area (Å²) >= 11 is 0. The minimum Gasteiger partial charge on any atom is -0.493 e. The lowest BCUT2D eigenvalue weighted by Gasteiger charge is -2.25. The molecule has 4 nitrogen and oxygen atoms in total. The second kappa shape index (κ2) is 4.90. The summed E-state index contributed by atoms with van der Waals surface area (Å²) < 4.78 is 28.6. The van der Waals surface area contributed by atoms with Gasteiger partial charge in [-0.15, -0.1) is 0 Å². The fraction of sp³-hybridized carbons (Fsp3) is 0.538. The number of hydrogen-bond donors (Lipinski definition) is 1. The van der Waals surface area contributed by atoms with Crippen molar-refractivity contribution in [1.29, 1.82) is 0 Å². The monoisotopic (exact) mass is 270 g/mol. The molecule has 1 aliphatic rings. The van der Waals surface area contributed by atoms with E-state index >= 15 is 0 Å². The zero-order valence-corrected chi connectivity index (χ0v) is 11.4. The molecule has 2 unspecified atom stereocenters. The zero-order valence-electron chi connectivity index (χ0n) is 10.6. The summed E-state index contributed by atoms with van der Waals surface area (Å²) in [4.78, 5) is 0. The van der Waals surface area contributed by atoms with Crippen LogP contribution in [0.1, 0.15) is 30.6 Å². The zero-order chi connectivity index (χ0) is 13.3. The van der Waals surface area contributed by atoms with Gasteiger partial charge in [0.1, 0.15) is 5.75 Å². The van der Waals surface area contributed by atoms with Gasteiger partial charge in [-0.3, -0.25) is 0 Å². The van der Waals surface area contributed by atoms with Gasteiger partial charge in [0.15, 0.2) is 9.84 Å².